The van der Waals surface area contributed by atoms with Gasteiger partial charge in [0.2, 0.25) is 0 Å². The zero-order valence-electron chi connectivity index (χ0n) is 10.0. The van der Waals surface area contributed by atoms with E-state index in [2.05, 4.69) is 15.9 Å². The lowest BCUT2D eigenvalue weighted by Gasteiger charge is -2.09. The van der Waals surface area contributed by atoms with Crippen LogP contribution in [0.4, 0.5) is 0 Å². The molecule has 0 radical (unpaired) electrons. The van der Waals surface area contributed by atoms with Gasteiger partial charge in [0.15, 0.2) is 0 Å². The van der Waals surface area contributed by atoms with Crippen LogP contribution in [0.1, 0.15) is 5.56 Å². The largest absolute Gasteiger partial charge is 0.497 e. The van der Waals surface area contributed by atoms with Gasteiger partial charge in [-0.2, -0.15) is 0 Å². The van der Waals surface area contributed by atoms with Gasteiger partial charge in [-0.1, -0.05) is 22.0 Å². The van der Waals surface area contributed by atoms with Gasteiger partial charge in [0, 0.05) is 17.1 Å². The quantitative estimate of drug-likeness (QED) is 0.936. The van der Waals surface area contributed by atoms with Crippen LogP contribution in [-0.4, -0.2) is 7.11 Å². The van der Waals surface area contributed by atoms with Crippen LogP contribution in [0.25, 0.3) is 0 Å². The molecule has 2 N–H and O–H groups in total. The fourth-order valence-corrected chi connectivity index (χ4v) is 2.12. The van der Waals surface area contributed by atoms with Crippen LogP contribution in [-0.2, 0) is 6.54 Å². The predicted octanol–water partition coefficient (Wildman–Crippen LogP) is 3.71. The van der Waals surface area contributed by atoms with E-state index < -0.39 is 0 Å². The second-order valence-corrected chi connectivity index (χ2v) is 4.70. The molecule has 2 aromatic carbocycles. The molecule has 0 aromatic heterocycles. The fraction of sp³-hybridized carbons (Fsp3) is 0.143. The molecule has 2 aromatic rings. The third-order valence-corrected chi connectivity index (χ3v) is 2.90. The first-order chi connectivity index (χ1) is 8.71. The van der Waals surface area contributed by atoms with Gasteiger partial charge in [0.05, 0.1) is 7.11 Å². The van der Waals surface area contributed by atoms with Gasteiger partial charge in [-0.05, 0) is 35.9 Å². The van der Waals surface area contributed by atoms with Gasteiger partial charge in [0.1, 0.15) is 17.2 Å². The topological polar surface area (TPSA) is 44.5 Å². The van der Waals surface area contributed by atoms with Crippen molar-refractivity contribution in [1.29, 1.82) is 0 Å². The Hall–Kier alpha value is -1.52. The number of methoxy groups -OCH3 is 1. The summed E-state index contributed by atoms with van der Waals surface area (Å²) in [5, 5.41) is 0. The second-order valence-electron chi connectivity index (χ2n) is 3.78. The van der Waals surface area contributed by atoms with Crippen molar-refractivity contribution in [3.8, 4) is 17.2 Å². The lowest BCUT2D eigenvalue weighted by atomic mass is 10.2. The van der Waals surface area contributed by atoms with Crippen LogP contribution in [0.15, 0.2) is 46.9 Å². The Morgan fingerprint density at radius 2 is 1.83 bits per heavy atom. The molecule has 0 spiro atoms. The summed E-state index contributed by atoms with van der Waals surface area (Å²) >= 11 is 3.44. The van der Waals surface area contributed by atoms with Crippen LogP contribution >= 0.6 is 15.9 Å². The molecule has 0 aliphatic heterocycles. The molecule has 0 fully saturated rings. The zero-order chi connectivity index (χ0) is 13.0. The molecule has 0 heterocycles. The maximum atomic E-state index is 5.78. The van der Waals surface area contributed by atoms with E-state index in [0.29, 0.717) is 6.54 Å². The van der Waals surface area contributed by atoms with E-state index in [1.165, 1.54) is 0 Å². The van der Waals surface area contributed by atoms with E-state index in [1.54, 1.807) is 7.11 Å². The molecule has 0 saturated heterocycles. The summed E-state index contributed by atoms with van der Waals surface area (Å²) in [5.41, 5.74) is 6.65. The molecule has 3 nitrogen and oxygen atoms in total. The Labute approximate surface area is 115 Å². The molecule has 0 aliphatic carbocycles. The maximum Gasteiger partial charge on any atom is 0.131 e. The monoisotopic (exact) mass is 307 g/mol. The Kier molecular flexibility index (Phi) is 4.23. The second kappa shape index (κ2) is 5.89. The lowest BCUT2D eigenvalue weighted by Crippen LogP contribution is -1.96. The number of hydrogen-bond donors (Lipinski definition) is 1. The average Bonchev–Trinajstić information content (AvgIpc) is 2.38. The SMILES string of the molecule is COc1cccc(Oc2cc(Br)cc(CN)c2)c1. The van der Waals surface area contributed by atoms with Crippen molar-refractivity contribution in [3.05, 3.63) is 52.5 Å². The Morgan fingerprint density at radius 1 is 1.06 bits per heavy atom. The molecule has 2 rings (SSSR count). The third kappa shape index (κ3) is 3.24. The number of halogens is 1. The van der Waals surface area contributed by atoms with Gasteiger partial charge in [0.25, 0.3) is 0 Å². The first-order valence-electron chi connectivity index (χ1n) is 5.52. The van der Waals surface area contributed by atoms with Crippen molar-refractivity contribution in [3.63, 3.8) is 0 Å². The number of hydrogen-bond acceptors (Lipinski definition) is 3. The smallest absolute Gasteiger partial charge is 0.131 e. The van der Waals surface area contributed by atoms with Crippen molar-refractivity contribution in [2.45, 2.75) is 6.54 Å². The van der Waals surface area contributed by atoms with Crippen molar-refractivity contribution >= 4 is 15.9 Å². The van der Waals surface area contributed by atoms with E-state index in [9.17, 15) is 0 Å². The standard InChI is InChI=1S/C14H14BrNO2/c1-17-12-3-2-4-13(8-12)18-14-6-10(9-16)5-11(15)7-14/h2-8H,9,16H2,1H3. The molecule has 0 amide bonds. The zero-order valence-corrected chi connectivity index (χ0v) is 11.6. The van der Waals surface area contributed by atoms with Crippen LogP contribution in [0.2, 0.25) is 0 Å². The Bertz CT molecular complexity index is 543. The Morgan fingerprint density at radius 3 is 2.56 bits per heavy atom. The highest BCUT2D eigenvalue weighted by Gasteiger charge is 2.02. The summed E-state index contributed by atoms with van der Waals surface area (Å²) in [6.07, 6.45) is 0. The molecule has 0 unspecified atom stereocenters. The molecular formula is C14H14BrNO2. The molecule has 18 heavy (non-hydrogen) atoms. The molecule has 0 aliphatic rings. The van der Waals surface area contributed by atoms with E-state index in [1.807, 2.05) is 42.5 Å². The van der Waals surface area contributed by atoms with Crippen molar-refractivity contribution in [2.24, 2.45) is 5.73 Å². The lowest BCUT2D eigenvalue weighted by molar-refractivity contribution is 0.409. The minimum absolute atomic E-state index is 0.480. The highest BCUT2D eigenvalue weighted by molar-refractivity contribution is 9.10. The van der Waals surface area contributed by atoms with Crippen LogP contribution in [0.5, 0.6) is 17.2 Å². The summed E-state index contributed by atoms with van der Waals surface area (Å²) in [6, 6.07) is 13.3. The maximum absolute atomic E-state index is 5.78. The van der Waals surface area contributed by atoms with Gasteiger partial charge in [-0.15, -0.1) is 0 Å². The number of nitrogens with two attached hydrogens (primary N) is 1. The highest BCUT2D eigenvalue weighted by atomic mass is 79.9. The van der Waals surface area contributed by atoms with E-state index in [-0.39, 0.29) is 0 Å². The summed E-state index contributed by atoms with van der Waals surface area (Å²) in [7, 11) is 1.63. The first kappa shape index (κ1) is 12.9. The van der Waals surface area contributed by atoms with Crippen LogP contribution < -0.4 is 15.2 Å². The summed E-state index contributed by atoms with van der Waals surface area (Å²) in [5.74, 6) is 2.25. The van der Waals surface area contributed by atoms with Crippen LogP contribution in [0.3, 0.4) is 0 Å². The third-order valence-electron chi connectivity index (χ3n) is 2.44. The molecule has 0 atom stereocenters. The van der Waals surface area contributed by atoms with Crippen molar-refractivity contribution in [2.75, 3.05) is 7.11 Å². The van der Waals surface area contributed by atoms with Gasteiger partial charge >= 0.3 is 0 Å². The first-order valence-corrected chi connectivity index (χ1v) is 6.32. The van der Waals surface area contributed by atoms with Crippen LogP contribution in [0, 0.1) is 0 Å². The number of rotatable bonds is 4. The van der Waals surface area contributed by atoms with Gasteiger partial charge in [-0.25, -0.2) is 0 Å². The number of ether oxygens (including phenoxy) is 2. The molecule has 0 saturated carbocycles. The minimum Gasteiger partial charge on any atom is -0.497 e. The van der Waals surface area contributed by atoms with Gasteiger partial charge in [-0.3, -0.25) is 0 Å². The normalized spacial score (nSPS) is 10.2. The highest BCUT2D eigenvalue weighted by Crippen LogP contribution is 2.28. The van der Waals surface area contributed by atoms with E-state index >= 15 is 0 Å². The van der Waals surface area contributed by atoms with Crippen molar-refractivity contribution < 1.29 is 9.47 Å². The molecular weight excluding hydrogens is 294 g/mol. The Balaban J connectivity index is 2.24. The number of benzene rings is 2. The van der Waals surface area contributed by atoms with Crippen molar-refractivity contribution in [1.82, 2.24) is 0 Å². The molecule has 0 bridgehead atoms. The molecule has 4 heteroatoms. The van der Waals surface area contributed by atoms with E-state index in [4.69, 9.17) is 15.2 Å². The fourth-order valence-electron chi connectivity index (χ4n) is 1.60. The van der Waals surface area contributed by atoms with Gasteiger partial charge < -0.3 is 15.2 Å². The predicted molar refractivity (Wildman–Crippen MR) is 75.1 cm³/mol. The summed E-state index contributed by atoms with van der Waals surface area (Å²) < 4.78 is 11.9. The summed E-state index contributed by atoms with van der Waals surface area (Å²) in [6.45, 7) is 0.480. The van der Waals surface area contributed by atoms with E-state index in [0.717, 1.165) is 27.3 Å². The minimum atomic E-state index is 0.480. The summed E-state index contributed by atoms with van der Waals surface area (Å²) in [4.78, 5) is 0. The molecule has 94 valence electrons. The average molecular weight is 308 g/mol.